The maximum absolute atomic E-state index is 12.4. The highest BCUT2D eigenvalue weighted by Gasteiger charge is 2.30. The van der Waals surface area contributed by atoms with E-state index < -0.39 is 6.10 Å². The number of carbonyl (C=O) groups is 1. The van der Waals surface area contributed by atoms with Crippen LogP contribution < -0.4 is 5.32 Å². The second kappa shape index (κ2) is 8.30. The summed E-state index contributed by atoms with van der Waals surface area (Å²) in [5.41, 5.74) is 0.900. The van der Waals surface area contributed by atoms with Crippen LogP contribution in [0.15, 0.2) is 30.3 Å². The number of rotatable bonds is 7. The van der Waals surface area contributed by atoms with E-state index in [4.69, 9.17) is 0 Å². The Kier molecular flexibility index (Phi) is 6.40. The Balaban J connectivity index is 1.83. The summed E-state index contributed by atoms with van der Waals surface area (Å²) in [6, 6.07) is 9.58. The predicted molar refractivity (Wildman–Crippen MR) is 88.5 cm³/mol. The van der Waals surface area contributed by atoms with E-state index >= 15 is 0 Å². The van der Waals surface area contributed by atoms with Crippen molar-refractivity contribution in [3.05, 3.63) is 35.9 Å². The lowest BCUT2D eigenvalue weighted by Gasteiger charge is -2.25. The van der Waals surface area contributed by atoms with Crippen molar-refractivity contribution in [2.75, 3.05) is 13.1 Å². The summed E-state index contributed by atoms with van der Waals surface area (Å²) < 4.78 is 0. The quantitative estimate of drug-likeness (QED) is 0.814. The second-order valence-electron chi connectivity index (χ2n) is 6.27. The molecule has 1 aromatic rings. The molecule has 0 radical (unpaired) electrons. The maximum atomic E-state index is 12.4. The van der Waals surface area contributed by atoms with Crippen LogP contribution in [0.25, 0.3) is 0 Å². The van der Waals surface area contributed by atoms with Crippen molar-refractivity contribution in [3.8, 4) is 0 Å². The van der Waals surface area contributed by atoms with Gasteiger partial charge in [0.1, 0.15) is 0 Å². The van der Waals surface area contributed by atoms with Gasteiger partial charge in [0, 0.05) is 6.04 Å². The standard InChI is InChI=1S/C18H28N2O2/c1-3-11-20-12-7-10-16(20)18(22)19-14(2)13-17(21)15-8-5-4-6-9-15/h4-6,8-9,14,16-17,21H,3,7,10-13H2,1-2H3,(H,19,22). The number of likely N-dealkylation sites (tertiary alicyclic amines) is 1. The highest BCUT2D eigenvalue weighted by Crippen LogP contribution is 2.20. The van der Waals surface area contributed by atoms with Gasteiger partial charge in [0.2, 0.25) is 5.91 Å². The smallest absolute Gasteiger partial charge is 0.237 e. The number of aliphatic hydroxyl groups excluding tert-OH is 1. The zero-order valence-corrected chi connectivity index (χ0v) is 13.7. The highest BCUT2D eigenvalue weighted by molar-refractivity contribution is 5.82. The number of hydrogen-bond acceptors (Lipinski definition) is 3. The normalized spacial score (nSPS) is 21.5. The van der Waals surface area contributed by atoms with Gasteiger partial charge in [-0.1, -0.05) is 37.3 Å². The Bertz CT molecular complexity index is 463. The first-order valence-electron chi connectivity index (χ1n) is 8.39. The summed E-state index contributed by atoms with van der Waals surface area (Å²) in [7, 11) is 0. The molecule has 4 heteroatoms. The van der Waals surface area contributed by atoms with E-state index in [0.717, 1.165) is 37.9 Å². The van der Waals surface area contributed by atoms with Crippen LogP contribution in [-0.4, -0.2) is 41.1 Å². The Hall–Kier alpha value is -1.39. The van der Waals surface area contributed by atoms with E-state index in [0.29, 0.717) is 6.42 Å². The van der Waals surface area contributed by atoms with Crippen LogP contribution in [0, 0.1) is 0 Å². The zero-order valence-electron chi connectivity index (χ0n) is 13.7. The van der Waals surface area contributed by atoms with Crippen molar-refractivity contribution in [1.82, 2.24) is 10.2 Å². The summed E-state index contributed by atoms with van der Waals surface area (Å²) in [4.78, 5) is 14.7. The first-order valence-corrected chi connectivity index (χ1v) is 8.39. The first kappa shape index (κ1) is 17.0. The molecule has 2 N–H and O–H groups in total. The monoisotopic (exact) mass is 304 g/mol. The van der Waals surface area contributed by atoms with Gasteiger partial charge in [-0.25, -0.2) is 0 Å². The molecule has 0 spiro atoms. The lowest BCUT2D eigenvalue weighted by atomic mass is 10.0. The molecule has 1 amide bonds. The van der Waals surface area contributed by atoms with E-state index in [1.54, 1.807) is 0 Å². The number of benzene rings is 1. The summed E-state index contributed by atoms with van der Waals surface area (Å²) in [5, 5.41) is 13.3. The molecule has 1 fully saturated rings. The molecule has 0 bridgehead atoms. The minimum Gasteiger partial charge on any atom is -0.388 e. The number of nitrogens with zero attached hydrogens (tertiary/aromatic N) is 1. The van der Waals surface area contributed by atoms with Gasteiger partial charge in [0.15, 0.2) is 0 Å². The van der Waals surface area contributed by atoms with Crippen molar-refractivity contribution in [2.24, 2.45) is 0 Å². The maximum Gasteiger partial charge on any atom is 0.237 e. The molecular formula is C18H28N2O2. The first-order chi connectivity index (χ1) is 10.6. The highest BCUT2D eigenvalue weighted by atomic mass is 16.3. The molecule has 0 saturated carbocycles. The van der Waals surface area contributed by atoms with E-state index in [2.05, 4.69) is 17.1 Å². The van der Waals surface area contributed by atoms with Crippen LogP contribution >= 0.6 is 0 Å². The molecular weight excluding hydrogens is 276 g/mol. The minimum atomic E-state index is -0.535. The topological polar surface area (TPSA) is 52.6 Å². The Morgan fingerprint density at radius 3 is 2.82 bits per heavy atom. The number of carbonyl (C=O) groups excluding carboxylic acids is 1. The van der Waals surface area contributed by atoms with Gasteiger partial charge in [-0.2, -0.15) is 0 Å². The van der Waals surface area contributed by atoms with Crippen molar-refractivity contribution in [3.63, 3.8) is 0 Å². The molecule has 2 rings (SSSR count). The third-order valence-electron chi connectivity index (χ3n) is 4.33. The van der Waals surface area contributed by atoms with Crippen LogP contribution in [0.5, 0.6) is 0 Å². The fourth-order valence-corrected chi connectivity index (χ4v) is 3.22. The van der Waals surface area contributed by atoms with Gasteiger partial charge >= 0.3 is 0 Å². The van der Waals surface area contributed by atoms with E-state index in [1.165, 1.54) is 0 Å². The lowest BCUT2D eigenvalue weighted by Crippen LogP contribution is -2.46. The molecule has 0 aromatic heterocycles. The molecule has 4 nitrogen and oxygen atoms in total. The molecule has 1 aliphatic heterocycles. The van der Waals surface area contributed by atoms with Crippen molar-refractivity contribution in [2.45, 2.75) is 57.7 Å². The van der Waals surface area contributed by atoms with Crippen LogP contribution in [0.3, 0.4) is 0 Å². The van der Waals surface area contributed by atoms with Crippen LogP contribution in [-0.2, 0) is 4.79 Å². The van der Waals surface area contributed by atoms with Crippen molar-refractivity contribution >= 4 is 5.91 Å². The van der Waals surface area contributed by atoms with Gasteiger partial charge < -0.3 is 10.4 Å². The Morgan fingerprint density at radius 2 is 2.14 bits per heavy atom. The molecule has 1 aliphatic rings. The largest absolute Gasteiger partial charge is 0.388 e. The lowest BCUT2D eigenvalue weighted by molar-refractivity contribution is -0.126. The number of nitrogens with one attached hydrogen (secondary N) is 1. The molecule has 3 unspecified atom stereocenters. The molecule has 1 aromatic carbocycles. The molecule has 1 saturated heterocycles. The molecule has 1 heterocycles. The van der Waals surface area contributed by atoms with Gasteiger partial charge in [-0.3, -0.25) is 9.69 Å². The summed E-state index contributed by atoms with van der Waals surface area (Å²) >= 11 is 0. The number of amides is 1. The summed E-state index contributed by atoms with van der Waals surface area (Å²) in [6.07, 6.45) is 3.12. The Labute approximate surface area is 133 Å². The van der Waals surface area contributed by atoms with Crippen LogP contribution in [0.2, 0.25) is 0 Å². The van der Waals surface area contributed by atoms with Crippen molar-refractivity contribution in [1.29, 1.82) is 0 Å². The fourth-order valence-electron chi connectivity index (χ4n) is 3.22. The molecule has 0 aliphatic carbocycles. The van der Waals surface area contributed by atoms with Gasteiger partial charge in [0.25, 0.3) is 0 Å². The SMILES string of the molecule is CCCN1CCCC1C(=O)NC(C)CC(O)c1ccccc1. The number of aliphatic hydroxyl groups is 1. The third kappa shape index (κ3) is 4.55. The van der Waals surface area contributed by atoms with Crippen molar-refractivity contribution < 1.29 is 9.90 Å². The number of hydrogen-bond donors (Lipinski definition) is 2. The minimum absolute atomic E-state index is 0.0104. The van der Waals surface area contributed by atoms with E-state index in [-0.39, 0.29) is 18.0 Å². The summed E-state index contributed by atoms with van der Waals surface area (Å²) in [5.74, 6) is 0.110. The van der Waals surface area contributed by atoms with Gasteiger partial charge in [-0.05, 0) is 51.3 Å². The average Bonchev–Trinajstić information content (AvgIpc) is 2.96. The molecule has 22 heavy (non-hydrogen) atoms. The third-order valence-corrected chi connectivity index (χ3v) is 4.33. The van der Waals surface area contributed by atoms with Gasteiger partial charge in [0.05, 0.1) is 12.1 Å². The average molecular weight is 304 g/mol. The van der Waals surface area contributed by atoms with E-state index in [9.17, 15) is 9.90 Å². The van der Waals surface area contributed by atoms with E-state index in [1.807, 2.05) is 37.3 Å². The van der Waals surface area contributed by atoms with Crippen LogP contribution in [0.4, 0.5) is 0 Å². The molecule has 3 atom stereocenters. The van der Waals surface area contributed by atoms with Crippen LogP contribution in [0.1, 0.15) is 51.2 Å². The summed E-state index contributed by atoms with van der Waals surface area (Å²) in [6.45, 7) is 6.11. The second-order valence-corrected chi connectivity index (χ2v) is 6.27. The predicted octanol–water partition coefficient (Wildman–Crippen LogP) is 2.49. The van der Waals surface area contributed by atoms with Gasteiger partial charge in [-0.15, -0.1) is 0 Å². The Morgan fingerprint density at radius 1 is 1.41 bits per heavy atom. The zero-order chi connectivity index (χ0) is 15.9. The fraction of sp³-hybridized carbons (Fsp3) is 0.611. The molecule has 122 valence electrons.